The molecule has 0 unspecified atom stereocenters. The minimum Gasteiger partial charge on any atom is -0.486 e. The first-order chi connectivity index (χ1) is 17.2. The standard InChI is InChI=1S/C24H18F3N7O2/c1-13-2-3-18(23(35)33-16-5-15(8-29-9-16)24(25,26)27)19(4-13)36-17-10-34(11-17)22-20-14(6-28)7-30-21(20)31-12-32-22/h2-5,7-9,12,17H,10-11H2,1H3,(H,33,35)(H,30,31,32). The number of nitrogens with zero attached hydrogens (tertiary/aromatic N) is 5. The molecule has 4 aromatic rings. The lowest BCUT2D eigenvalue weighted by atomic mass is 10.1. The van der Waals surface area contributed by atoms with Gasteiger partial charge in [-0.3, -0.25) is 9.78 Å². The van der Waals surface area contributed by atoms with Gasteiger partial charge >= 0.3 is 6.18 Å². The number of aromatic nitrogens is 4. The molecular formula is C24H18F3N7O2. The van der Waals surface area contributed by atoms with Crippen molar-refractivity contribution in [2.45, 2.75) is 19.2 Å². The number of hydrogen-bond acceptors (Lipinski definition) is 7. The summed E-state index contributed by atoms with van der Waals surface area (Å²) in [4.78, 5) is 29.8. The highest BCUT2D eigenvalue weighted by Crippen LogP contribution is 2.32. The number of H-pyrrole nitrogens is 1. The Kier molecular flexibility index (Phi) is 5.68. The number of carbonyl (C=O) groups excluding carboxylic acids is 1. The Hall–Kier alpha value is -4.66. The maximum atomic E-state index is 13.0. The maximum absolute atomic E-state index is 13.0. The van der Waals surface area contributed by atoms with Gasteiger partial charge < -0.3 is 19.9 Å². The second kappa shape index (κ2) is 8.84. The number of ether oxygens (including phenoxy) is 1. The zero-order chi connectivity index (χ0) is 25.4. The summed E-state index contributed by atoms with van der Waals surface area (Å²) in [7, 11) is 0. The number of aromatic amines is 1. The summed E-state index contributed by atoms with van der Waals surface area (Å²) in [6.45, 7) is 2.74. The molecule has 1 aliphatic rings. The second-order valence-electron chi connectivity index (χ2n) is 8.29. The number of carbonyl (C=O) groups is 1. The Labute approximate surface area is 202 Å². The molecule has 12 heteroatoms. The number of alkyl halides is 3. The first-order valence-corrected chi connectivity index (χ1v) is 10.8. The van der Waals surface area contributed by atoms with Crippen LogP contribution in [-0.4, -0.2) is 45.0 Å². The van der Waals surface area contributed by atoms with Crippen LogP contribution >= 0.6 is 0 Å². The van der Waals surface area contributed by atoms with E-state index in [0.717, 1.165) is 17.8 Å². The molecule has 0 radical (unpaired) electrons. The van der Waals surface area contributed by atoms with Gasteiger partial charge in [-0.15, -0.1) is 0 Å². The highest BCUT2D eigenvalue weighted by molar-refractivity contribution is 6.06. The number of aryl methyl sites for hydroxylation is 1. The Morgan fingerprint density at radius 2 is 2.06 bits per heavy atom. The van der Waals surface area contributed by atoms with Gasteiger partial charge in [0.25, 0.3) is 5.91 Å². The predicted octanol–water partition coefficient (Wildman–Crippen LogP) is 4.07. The first kappa shape index (κ1) is 23.1. The van der Waals surface area contributed by atoms with E-state index in [0.29, 0.717) is 47.5 Å². The molecule has 182 valence electrons. The quantitative estimate of drug-likeness (QED) is 0.430. The van der Waals surface area contributed by atoms with Gasteiger partial charge in [-0.2, -0.15) is 18.4 Å². The summed E-state index contributed by atoms with van der Waals surface area (Å²) in [6.07, 6.45) is -0.0285. The molecule has 1 fully saturated rings. The number of nitriles is 1. The molecule has 1 aromatic carbocycles. The van der Waals surface area contributed by atoms with E-state index in [1.54, 1.807) is 24.4 Å². The molecule has 0 saturated carbocycles. The van der Waals surface area contributed by atoms with Gasteiger partial charge in [-0.1, -0.05) is 6.07 Å². The summed E-state index contributed by atoms with van der Waals surface area (Å²) in [5, 5.41) is 12.5. The number of amides is 1. The van der Waals surface area contributed by atoms with E-state index < -0.39 is 17.6 Å². The third kappa shape index (κ3) is 4.38. The monoisotopic (exact) mass is 493 g/mol. The lowest BCUT2D eigenvalue weighted by molar-refractivity contribution is -0.137. The second-order valence-corrected chi connectivity index (χ2v) is 8.29. The normalized spacial score (nSPS) is 13.8. The molecular weight excluding hydrogens is 475 g/mol. The van der Waals surface area contributed by atoms with E-state index in [4.69, 9.17) is 4.74 Å². The fourth-order valence-corrected chi connectivity index (χ4v) is 3.92. The van der Waals surface area contributed by atoms with Crippen molar-refractivity contribution in [2.24, 2.45) is 0 Å². The van der Waals surface area contributed by atoms with Crippen LogP contribution in [0, 0.1) is 18.3 Å². The van der Waals surface area contributed by atoms with Crippen molar-refractivity contribution < 1.29 is 22.7 Å². The SMILES string of the molecule is Cc1ccc(C(=O)Nc2cncc(C(F)(F)F)c2)c(OC2CN(c3ncnc4[nH]cc(C#N)c34)C2)c1. The molecule has 2 N–H and O–H groups in total. The topological polar surface area (TPSA) is 120 Å². The number of rotatable bonds is 5. The molecule has 1 amide bonds. The van der Waals surface area contributed by atoms with Crippen LogP contribution in [-0.2, 0) is 6.18 Å². The number of halogens is 3. The molecule has 9 nitrogen and oxygen atoms in total. The smallest absolute Gasteiger partial charge is 0.417 e. The minimum atomic E-state index is -4.58. The Balaban J connectivity index is 1.32. The van der Waals surface area contributed by atoms with Gasteiger partial charge in [-0.25, -0.2) is 9.97 Å². The average molecular weight is 493 g/mol. The van der Waals surface area contributed by atoms with Crippen LogP contribution in [0.15, 0.2) is 49.2 Å². The van der Waals surface area contributed by atoms with Crippen LogP contribution in [0.25, 0.3) is 11.0 Å². The Morgan fingerprint density at radius 1 is 1.25 bits per heavy atom. The van der Waals surface area contributed by atoms with Crippen LogP contribution in [0.3, 0.4) is 0 Å². The van der Waals surface area contributed by atoms with E-state index >= 15 is 0 Å². The fourth-order valence-electron chi connectivity index (χ4n) is 3.92. The molecule has 0 aliphatic carbocycles. The molecule has 5 rings (SSSR count). The summed E-state index contributed by atoms with van der Waals surface area (Å²) in [6, 6.07) is 7.92. The van der Waals surface area contributed by atoms with E-state index in [1.165, 1.54) is 6.33 Å². The maximum Gasteiger partial charge on any atom is 0.417 e. The van der Waals surface area contributed by atoms with E-state index in [-0.39, 0.29) is 17.4 Å². The highest BCUT2D eigenvalue weighted by atomic mass is 19.4. The zero-order valence-electron chi connectivity index (χ0n) is 18.8. The van der Waals surface area contributed by atoms with E-state index in [2.05, 4.69) is 31.3 Å². The Bertz CT molecular complexity index is 1500. The van der Waals surface area contributed by atoms with Crippen molar-refractivity contribution >= 4 is 28.4 Å². The van der Waals surface area contributed by atoms with Crippen molar-refractivity contribution in [3.05, 3.63) is 71.4 Å². The largest absolute Gasteiger partial charge is 0.486 e. The Morgan fingerprint density at radius 3 is 2.81 bits per heavy atom. The zero-order valence-corrected chi connectivity index (χ0v) is 18.8. The predicted molar refractivity (Wildman–Crippen MR) is 124 cm³/mol. The van der Waals surface area contributed by atoms with Crippen LogP contribution in [0.1, 0.15) is 27.0 Å². The molecule has 0 atom stereocenters. The number of pyridine rings is 1. The van der Waals surface area contributed by atoms with Crippen LogP contribution in [0.2, 0.25) is 0 Å². The lowest BCUT2D eigenvalue weighted by Gasteiger charge is -2.40. The van der Waals surface area contributed by atoms with Crippen molar-refractivity contribution in [1.82, 2.24) is 19.9 Å². The molecule has 0 spiro atoms. The molecule has 1 aliphatic heterocycles. The molecule has 3 aromatic heterocycles. The van der Waals surface area contributed by atoms with E-state index in [9.17, 15) is 23.2 Å². The average Bonchev–Trinajstić information content (AvgIpc) is 3.24. The molecule has 0 bridgehead atoms. The summed E-state index contributed by atoms with van der Waals surface area (Å²) in [5.41, 5.74) is 0.981. The van der Waals surface area contributed by atoms with Gasteiger partial charge in [-0.05, 0) is 30.7 Å². The summed E-state index contributed by atoms with van der Waals surface area (Å²) >= 11 is 0. The third-order valence-electron chi connectivity index (χ3n) is 5.72. The number of hydrogen-bond donors (Lipinski definition) is 2. The molecule has 1 saturated heterocycles. The van der Waals surface area contributed by atoms with Crippen LogP contribution in [0.4, 0.5) is 24.7 Å². The number of fused-ring (bicyclic) bond motifs is 1. The summed E-state index contributed by atoms with van der Waals surface area (Å²) < 4.78 is 45.1. The molecule has 36 heavy (non-hydrogen) atoms. The molecule has 4 heterocycles. The van der Waals surface area contributed by atoms with Crippen molar-refractivity contribution in [3.63, 3.8) is 0 Å². The lowest BCUT2D eigenvalue weighted by Crippen LogP contribution is -2.54. The van der Waals surface area contributed by atoms with Gasteiger partial charge in [0.05, 0.1) is 47.1 Å². The number of anilines is 2. The van der Waals surface area contributed by atoms with Gasteiger partial charge in [0.1, 0.15) is 35.7 Å². The van der Waals surface area contributed by atoms with Gasteiger partial charge in [0.2, 0.25) is 0 Å². The van der Waals surface area contributed by atoms with Crippen molar-refractivity contribution in [1.29, 1.82) is 5.26 Å². The number of benzene rings is 1. The van der Waals surface area contributed by atoms with E-state index in [1.807, 2.05) is 11.8 Å². The van der Waals surface area contributed by atoms with Gasteiger partial charge in [0.15, 0.2) is 0 Å². The van der Waals surface area contributed by atoms with Crippen LogP contribution in [0.5, 0.6) is 5.75 Å². The minimum absolute atomic E-state index is 0.0799. The summed E-state index contributed by atoms with van der Waals surface area (Å²) in [5.74, 6) is 0.298. The highest BCUT2D eigenvalue weighted by Gasteiger charge is 2.33. The number of nitrogens with one attached hydrogen (secondary N) is 2. The first-order valence-electron chi connectivity index (χ1n) is 10.8. The third-order valence-corrected chi connectivity index (χ3v) is 5.72. The van der Waals surface area contributed by atoms with Crippen molar-refractivity contribution in [3.8, 4) is 11.8 Å². The fraction of sp³-hybridized carbons (Fsp3) is 0.208. The van der Waals surface area contributed by atoms with Crippen molar-refractivity contribution in [2.75, 3.05) is 23.3 Å². The van der Waals surface area contributed by atoms with Crippen LogP contribution < -0.4 is 15.0 Å². The van der Waals surface area contributed by atoms with Gasteiger partial charge in [0, 0.05) is 12.4 Å².